The van der Waals surface area contributed by atoms with Gasteiger partial charge in [0.1, 0.15) is 5.60 Å². The van der Waals surface area contributed by atoms with Crippen LogP contribution in [0.25, 0.3) is 0 Å². The van der Waals surface area contributed by atoms with Crippen LogP contribution in [0.4, 0.5) is 4.79 Å². The first-order valence-corrected chi connectivity index (χ1v) is 7.90. The summed E-state index contributed by atoms with van der Waals surface area (Å²) >= 11 is 0. The summed E-state index contributed by atoms with van der Waals surface area (Å²) in [5, 5.41) is 2.72. The molecule has 6 heteroatoms. The summed E-state index contributed by atoms with van der Waals surface area (Å²) in [6.45, 7) is 8.72. The number of alkyl carbamates (subject to hydrolysis) is 1. The molecule has 0 unspecified atom stereocenters. The highest BCUT2D eigenvalue weighted by Crippen LogP contribution is 2.09. The number of nitrogens with one attached hydrogen (secondary N) is 1. The average molecular weight is 298 g/mol. The van der Waals surface area contributed by atoms with Crippen LogP contribution in [-0.4, -0.2) is 48.7 Å². The fourth-order valence-corrected chi connectivity index (χ4v) is 2.18. The lowest BCUT2D eigenvalue weighted by Crippen LogP contribution is -2.38. The number of nitrogens with two attached hydrogens (primary N) is 1. The average Bonchev–Trinajstić information content (AvgIpc) is 2.64. The Kier molecular flexibility index (Phi) is 7.32. The Morgan fingerprint density at radius 1 is 1.24 bits per heavy atom. The Labute approximate surface area is 128 Å². The second-order valence-electron chi connectivity index (χ2n) is 6.42. The summed E-state index contributed by atoms with van der Waals surface area (Å²) in [4.78, 5) is 18.0. The lowest BCUT2D eigenvalue weighted by molar-refractivity contribution is 0.0527. The molecule has 1 rings (SSSR count). The minimum atomic E-state index is -0.459. The molecule has 1 aliphatic heterocycles. The first-order chi connectivity index (χ1) is 9.88. The number of rotatable bonds is 4. The maximum absolute atomic E-state index is 11.4. The molecule has 0 aromatic rings. The van der Waals surface area contributed by atoms with Gasteiger partial charge in [-0.15, -0.1) is 0 Å². The van der Waals surface area contributed by atoms with Gasteiger partial charge in [0, 0.05) is 26.2 Å². The quantitative estimate of drug-likeness (QED) is 0.473. The van der Waals surface area contributed by atoms with Crippen LogP contribution < -0.4 is 11.1 Å². The lowest BCUT2D eigenvalue weighted by atomic mass is 10.2. The van der Waals surface area contributed by atoms with Crippen LogP contribution in [0.1, 0.15) is 52.9 Å². The third kappa shape index (κ3) is 8.42. The van der Waals surface area contributed by atoms with Gasteiger partial charge in [-0.3, -0.25) is 4.99 Å². The molecule has 0 saturated carbocycles. The molecule has 1 saturated heterocycles. The van der Waals surface area contributed by atoms with Gasteiger partial charge in [0.25, 0.3) is 0 Å². The fraction of sp³-hybridized carbons (Fsp3) is 0.867. The molecule has 21 heavy (non-hydrogen) atoms. The Morgan fingerprint density at radius 2 is 1.86 bits per heavy atom. The van der Waals surface area contributed by atoms with E-state index in [1.165, 1.54) is 25.7 Å². The largest absolute Gasteiger partial charge is 0.444 e. The van der Waals surface area contributed by atoms with Crippen LogP contribution in [0.2, 0.25) is 0 Å². The number of amides is 1. The normalized spacial score (nSPS) is 17.3. The van der Waals surface area contributed by atoms with E-state index >= 15 is 0 Å². The number of nitrogens with zero attached hydrogens (tertiary/aromatic N) is 2. The highest BCUT2D eigenvalue weighted by molar-refractivity contribution is 5.78. The van der Waals surface area contributed by atoms with E-state index in [9.17, 15) is 4.79 Å². The summed E-state index contributed by atoms with van der Waals surface area (Å²) in [7, 11) is 0. The van der Waals surface area contributed by atoms with Crippen LogP contribution in [-0.2, 0) is 4.74 Å². The van der Waals surface area contributed by atoms with E-state index < -0.39 is 5.60 Å². The molecule has 1 fully saturated rings. The van der Waals surface area contributed by atoms with E-state index in [1.807, 2.05) is 20.8 Å². The van der Waals surface area contributed by atoms with Crippen LogP contribution >= 0.6 is 0 Å². The van der Waals surface area contributed by atoms with E-state index in [0.29, 0.717) is 19.0 Å². The van der Waals surface area contributed by atoms with E-state index in [2.05, 4.69) is 15.2 Å². The van der Waals surface area contributed by atoms with Gasteiger partial charge < -0.3 is 20.7 Å². The molecular formula is C15H30N4O2. The highest BCUT2D eigenvalue weighted by Gasteiger charge is 2.15. The van der Waals surface area contributed by atoms with Crippen molar-refractivity contribution in [3.05, 3.63) is 0 Å². The number of ether oxygens (including phenoxy) is 1. The zero-order chi connectivity index (χ0) is 15.7. The number of carbonyl (C=O) groups is 1. The van der Waals surface area contributed by atoms with E-state index in [1.54, 1.807) is 0 Å². The number of guanidine groups is 1. The van der Waals surface area contributed by atoms with Crippen molar-refractivity contribution in [2.75, 3.05) is 26.2 Å². The summed E-state index contributed by atoms with van der Waals surface area (Å²) < 4.78 is 5.16. The van der Waals surface area contributed by atoms with Gasteiger partial charge in [-0.1, -0.05) is 12.8 Å². The molecule has 122 valence electrons. The number of aliphatic imine (C=N–C) groups is 1. The predicted octanol–water partition coefficient (Wildman–Crippen LogP) is 2.09. The van der Waals surface area contributed by atoms with Crippen molar-refractivity contribution in [3.8, 4) is 0 Å². The third-order valence-corrected chi connectivity index (χ3v) is 3.21. The number of hydrogen-bond acceptors (Lipinski definition) is 3. The molecule has 0 aliphatic carbocycles. The Balaban J connectivity index is 2.17. The van der Waals surface area contributed by atoms with Crippen molar-refractivity contribution < 1.29 is 9.53 Å². The number of likely N-dealkylation sites (tertiary alicyclic amines) is 1. The molecule has 3 N–H and O–H groups in total. The van der Waals surface area contributed by atoms with Gasteiger partial charge in [0.2, 0.25) is 0 Å². The molecule has 1 heterocycles. The molecular weight excluding hydrogens is 268 g/mol. The zero-order valence-corrected chi connectivity index (χ0v) is 13.7. The Bertz CT molecular complexity index is 342. The molecule has 6 nitrogen and oxygen atoms in total. The van der Waals surface area contributed by atoms with E-state index in [0.717, 1.165) is 19.5 Å². The monoisotopic (exact) mass is 298 g/mol. The smallest absolute Gasteiger partial charge is 0.407 e. The summed E-state index contributed by atoms with van der Waals surface area (Å²) in [6.07, 6.45) is 5.32. The second-order valence-corrected chi connectivity index (χ2v) is 6.42. The van der Waals surface area contributed by atoms with Gasteiger partial charge in [-0.2, -0.15) is 0 Å². The zero-order valence-electron chi connectivity index (χ0n) is 13.7. The summed E-state index contributed by atoms with van der Waals surface area (Å²) in [5.41, 5.74) is 5.55. The first-order valence-electron chi connectivity index (χ1n) is 7.90. The molecule has 0 aromatic carbocycles. The SMILES string of the molecule is CC(C)(C)OC(=O)NCCCN=C(N)N1CCCCCC1. The van der Waals surface area contributed by atoms with Crippen LogP contribution in [0.15, 0.2) is 4.99 Å². The summed E-state index contributed by atoms with van der Waals surface area (Å²) in [6, 6.07) is 0. The highest BCUT2D eigenvalue weighted by atomic mass is 16.6. The fourth-order valence-electron chi connectivity index (χ4n) is 2.18. The Morgan fingerprint density at radius 3 is 2.43 bits per heavy atom. The standard InChI is InChI=1S/C15H30N4O2/c1-15(2,3)21-14(20)18-10-8-9-17-13(16)19-11-6-4-5-7-12-19/h4-12H2,1-3H3,(H2,16,17)(H,18,20). The van der Waals surface area contributed by atoms with Crippen molar-refractivity contribution in [3.63, 3.8) is 0 Å². The van der Waals surface area contributed by atoms with Crippen molar-refractivity contribution in [2.24, 2.45) is 10.7 Å². The maximum atomic E-state index is 11.4. The van der Waals surface area contributed by atoms with Crippen LogP contribution in [0.5, 0.6) is 0 Å². The summed E-state index contributed by atoms with van der Waals surface area (Å²) in [5.74, 6) is 0.633. The van der Waals surface area contributed by atoms with Gasteiger partial charge >= 0.3 is 6.09 Å². The van der Waals surface area contributed by atoms with Crippen molar-refractivity contribution >= 4 is 12.1 Å². The maximum Gasteiger partial charge on any atom is 0.407 e. The van der Waals surface area contributed by atoms with Gasteiger partial charge in [-0.25, -0.2) is 4.79 Å². The lowest BCUT2D eigenvalue weighted by Gasteiger charge is -2.21. The molecule has 1 amide bonds. The number of carbonyl (C=O) groups excluding carboxylic acids is 1. The molecule has 0 atom stereocenters. The van der Waals surface area contributed by atoms with Crippen molar-refractivity contribution in [1.29, 1.82) is 0 Å². The van der Waals surface area contributed by atoms with Crippen molar-refractivity contribution in [1.82, 2.24) is 10.2 Å². The second kappa shape index (κ2) is 8.74. The van der Waals surface area contributed by atoms with Gasteiger partial charge in [-0.05, 0) is 40.0 Å². The predicted molar refractivity (Wildman–Crippen MR) is 85.4 cm³/mol. The first kappa shape index (κ1) is 17.6. The molecule has 0 aromatic heterocycles. The third-order valence-electron chi connectivity index (χ3n) is 3.21. The molecule has 0 radical (unpaired) electrons. The van der Waals surface area contributed by atoms with Crippen molar-refractivity contribution in [2.45, 2.75) is 58.5 Å². The van der Waals surface area contributed by atoms with E-state index in [4.69, 9.17) is 10.5 Å². The number of hydrogen-bond donors (Lipinski definition) is 2. The van der Waals surface area contributed by atoms with Crippen LogP contribution in [0, 0.1) is 0 Å². The molecule has 0 spiro atoms. The minimum Gasteiger partial charge on any atom is -0.444 e. The van der Waals surface area contributed by atoms with E-state index in [-0.39, 0.29) is 6.09 Å². The molecule has 0 bridgehead atoms. The Hall–Kier alpha value is -1.46. The minimum absolute atomic E-state index is 0.382. The van der Waals surface area contributed by atoms with Crippen LogP contribution in [0.3, 0.4) is 0 Å². The van der Waals surface area contributed by atoms with Gasteiger partial charge in [0.05, 0.1) is 0 Å². The van der Waals surface area contributed by atoms with Gasteiger partial charge in [0.15, 0.2) is 5.96 Å². The molecule has 1 aliphatic rings. The topological polar surface area (TPSA) is 79.9 Å².